The molecule has 0 aromatic carbocycles. The summed E-state index contributed by atoms with van der Waals surface area (Å²) in [5.74, 6) is 2.57. The Labute approximate surface area is 109 Å². The molecular formula is C13H26N2OS. The minimum absolute atomic E-state index is 0.116. The maximum atomic E-state index is 10.0. The molecule has 2 fully saturated rings. The summed E-state index contributed by atoms with van der Waals surface area (Å²) in [4.78, 5) is 2.53. The van der Waals surface area contributed by atoms with E-state index in [1.807, 2.05) is 0 Å². The van der Waals surface area contributed by atoms with Crippen molar-refractivity contribution in [2.75, 3.05) is 37.7 Å². The predicted molar refractivity (Wildman–Crippen MR) is 74.6 cm³/mol. The van der Waals surface area contributed by atoms with E-state index >= 15 is 0 Å². The molecule has 2 aliphatic rings. The molecule has 2 N–H and O–H groups in total. The topological polar surface area (TPSA) is 35.5 Å². The lowest BCUT2D eigenvalue weighted by Gasteiger charge is -2.28. The van der Waals surface area contributed by atoms with Crippen LogP contribution in [0.3, 0.4) is 0 Å². The summed E-state index contributed by atoms with van der Waals surface area (Å²) < 4.78 is 0. The van der Waals surface area contributed by atoms with Gasteiger partial charge < -0.3 is 15.3 Å². The van der Waals surface area contributed by atoms with Crippen molar-refractivity contribution in [3.05, 3.63) is 0 Å². The highest BCUT2D eigenvalue weighted by Crippen LogP contribution is 2.17. The highest BCUT2D eigenvalue weighted by atomic mass is 32.2. The first kappa shape index (κ1) is 13.7. The Balaban J connectivity index is 1.62. The smallest absolute Gasteiger partial charge is 0.0693 e. The van der Waals surface area contributed by atoms with Crippen molar-refractivity contribution in [1.29, 1.82) is 0 Å². The van der Waals surface area contributed by atoms with Gasteiger partial charge in [-0.15, -0.1) is 0 Å². The van der Waals surface area contributed by atoms with Gasteiger partial charge >= 0.3 is 0 Å². The summed E-state index contributed by atoms with van der Waals surface area (Å²) >= 11 is 2.06. The van der Waals surface area contributed by atoms with Crippen LogP contribution in [0.25, 0.3) is 0 Å². The molecule has 1 saturated heterocycles. The number of nitrogens with zero attached hydrogens (tertiary/aromatic N) is 1. The van der Waals surface area contributed by atoms with Gasteiger partial charge in [0.1, 0.15) is 0 Å². The van der Waals surface area contributed by atoms with E-state index in [2.05, 4.69) is 22.0 Å². The van der Waals surface area contributed by atoms with Gasteiger partial charge in [-0.1, -0.05) is 19.3 Å². The maximum Gasteiger partial charge on any atom is 0.0693 e. The molecular weight excluding hydrogens is 232 g/mol. The van der Waals surface area contributed by atoms with E-state index in [4.69, 9.17) is 0 Å². The molecule has 2 rings (SSSR count). The molecule has 3 nitrogen and oxygen atoms in total. The van der Waals surface area contributed by atoms with Gasteiger partial charge in [-0.2, -0.15) is 11.8 Å². The van der Waals surface area contributed by atoms with Crippen molar-refractivity contribution in [3.63, 3.8) is 0 Å². The molecule has 1 saturated carbocycles. The van der Waals surface area contributed by atoms with Gasteiger partial charge in [0.15, 0.2) is 0 Å². The third-order valence-electron chi connectivity index (χ3n) is 3.92. The van der Waals surface area contributed by atoms with E-state index < -0.39 is 0 Å². The lowest BCUT2D eigenvalue weighted by Crippen LogP contribution is -2.44. The summed E-state index contributed by atoms with van der Waals surface area (Å²) in [6.07, 6.45) is 5.78. The van der Waals surface area contributed by atoms with Crippen LogP contribution in [0.1, 0.15) is 32.1 Å². The first-order chi connectivity index (χ1) is 8.36. The normalized spacial score (nSPS) is 32.3. The van der Waals surface area contributed by atoms with Crippen molar-refractivity contribution < 1.29 is 5.11 Å². The zero-order valence-corrected chi connectivity index (χ0v) is 11.6. The SMILES string of the molecule is OC1CCCCCC1NCCN1CCSCC1. The van der Waals surface area contributed by atoms with E-state index in [0.29, 0.717) is 6.04 Å². The van der Waals surface area contributed by atoms with Crippen LogP contribution in [0, 0.1) is 0 Å². The Kier molecular flexibility index (Phi) is 6.12. The van der Waals surface area contributed by atoms with Crippen molar-refractivity contribution in [2.45, 2.75) is 44.2 Å². The standard InChI is InChI=1S/C13H26N2OS/c16-13-5-3-1-2-4-12(13)14-6-7-15-8-10-17-11-9-15/h12-14,16H,1-11H2. The number of aliphatic hydroxyl groups excluding tert-OH is 1. The van der Waals surface area contributed by atoms with Crippen LogP contribution in [-0.2, 0) is 0 Å². The summed E-state index contributed by atoms with van der Waals surface area (Å²) in [6.45, 7) is 4.65. The third kappa shape index (κ3) is 4.78. The molecule has 2 unspecified atom stereocenters. The molecule has 1 heterocycles. The molecule has 0 aromatic heterocycles. The molecule has 4 heteroatoms. The number of rotatable bonds is 4. The molecule has 0 aromatic rings. The predicted octanol–water partition coefficient (Wildman–Crippen LogP) is 1.32. The van der Waals surface area contributed by atoms with E-state index in [9.17, 15) is 5.11 Å². The van der Waals surface area contributed by atoms with Crippen LogP contribution in [0.5, 0.6) is 0 Å². The molecule has 0 bridgehead atoms. The van der Waals surface area contributed by atoms with Crippen molar-refractivity contribution in [2.24, 2.45) is 0 Å². The third-order valence-corrected chi connectivity index (χ3v) is 4.86. The quantitative estimate of drug-likeness (QED) is 0.746. The zero-order valence-electron chi connectivity index (χ0n) is 10.7. The number of hydrogen-bond donors (Lipinski definition) is 2. The van der Waals surface area contributed by atoms with E-state index in [1.54, 1.807) is 0 Å². The van der Waals surface area contributed by atoms with Gasteiger partial charge in [0.2, 0.25) is 0 Å². The van der Waals surface area contributed by atoms with E-state index in [0.717, 1.165) is 25.9 Å². The van der Waals surface area contributed by atoms with Crippen LogP contribution in [0.2, 0.25) is 0 Å². The fourth-order valence-electron chi connectivity index (χ4n) is 2.76. The van der Waals surface area contributed by atoms with Crippen LogP contribution in [0.15, 0.2) is 0 Å². The Morgan fingerprint density at radius 3 is 2.71 bits per heavy atom. The summed E-state index contributed by atoms with van der Waals surface area (Å²) in [7, 11) is 0. The second kappa shape index (κ2) is 7.62. The van der Waals surface area contributed by atoms with Gasteiger partial charge in [-0.05, 0) is 12.8 Å². The average molecular weight is 258 g/mol. The second-order valence-electron chi connectivity index (χ2n) is 5.22. The van der Waals surface area contributed by atoms with E-state index in [1.165, 1.54) is 43.9 Å². The number of aliphatic hydroxyl groups is 1. The fourth-order valence-corrected chi connectivity index (χ4v) is 3.74. The Bertz CT molecular complexity index is 210. The molecule has 1 aliphatic carbocycles. The first-order valence-electron chi connectivity index (χ1n) is 7.08. The highest BCUT2D eigenvalue weighted by Gasteiger charge is 2.21. The van der Waals surface area contributed by atoms with Crippen molar-refractivity contribution in [1.82, 2.24) is 10.2 Å². The highest BCUT2D eigenvalue weighted by molar-refractivity contribution is 7.99. The number of hydrogen-bond acceptors (Lipinski definition) is 4. The Morgan fingerprint density at radius 2 is 1.88 bits per heavy atom. The van der Waals surface area contributed by atoms with Crippen molar-refractivity contribution in [3.8, 4) is 0 Å². The second-order valence-corrected chi connectivity index (χ2v) is 6.44. The van der Waals surface area contributed by atoms with Crippen molar-refractivity contribution >= 4 is 11.8 Å². The molecule has 0 radical (unpaired) electrons. The molecule has 2 atom stereocenters. The minimum Gasteiger partial charge on any atom is -0.392 e. The molecule has 0 spiro atoms. The fraction of sp³-hybridized carbons (Fsp3) is 1.00. The lowest BCUT2D eigenvalue weighted by molar-refractivity contribution is 0.118. The van der Waals surface area contributed by atoms with Gasteiger partial charge in [-0.3, -0.25) is 0 Å². The van der Waals surface area contributed by atoms with Crippen LogP contribution >= 0.6 is 11.8 Å². The monoisotopic (exact) mass is 258 g/mol. The van der Waals surface area contributed by atoms with E-state index in [-0.39, 0.29) is 6.10 Å². The van der Waals surface area contributed by atoms with Gasteiger partial charge in [0.25, 0.3) is 0 Å². The Morgan fingerprint density at radius 1 is 1.12 bits per heavy atom. The van der Waals surface area contributed by atoms with Crippen LogP contribution in [0.4, 0.5) is 0 Å². The van der Waals surface area contributed by atoms with Crippen LogP contribution in [-0.4, -0.2) is 59.8 Å². The minimum atomic E-state index is -0.116. The molecule has 0 amide bonds. The number of nitrogens with one attached hydrogen (secondary N) is 1. The summed E-state index contributed by atoms with van der Waals surface area (Å²) in [5.41, 5.74) is 0. The Hall–Kier alpha value is 0.230. The number of thioether (sulfide) groups is 1. The zero-order chi connectivity index (χ0) is 11.9. The van der Waals surface area contributed by atoms with Gasteiger partial charge in [0.05, 0.1) is 6.10 Å². The maximum absolute atomic E-state index is 10.0. The molecule has 100 valence electrons. The summed E-state index contributed by atoms with van der Waals surface area (Å²) in [6, 6.07) is 0.344. The van der Waals surface area contributed by atoms with Gasteiger partial charge in [-0.25, -0.2) is 0 Å². The summed E-state index contributed by atoms with van der Waals surface area (Å²) in [5, 5.41) is 13.6. The lowest BCUT2D eigenvalue weighted by atomic mass is 10.1. The average Bonchev–Trinajstić information content (AvgIpc) is 2.56. The van der Waals surface area contributed by atoms with Crippen LogP contribution < -0.4 is 5.32 Å². The van der Waals surface area contributed by atoms with Gasteiger partial charge in [0, 0.05) is 43.7 Å². The first-order valence-corrected chi connectivity index (χ1v) is 8.23. The molecule has 1 aliphatic heterocycles. The molecule has 17 heavy (non-hydrogen) atoms. The largest absolute Gasteiger partial charge is 0.392 e.